The van der Waals surface area contributed by atoms with Gasteiger partial charge in [-0.25, -0.2) is 0 Å². The molecule has 0 fully saturated rings. The minimum atomic E-state index is -0.829. The van der Waals surface area contributed by atoms with E-state index in [0.717, 1.165) is 5.56 Å². The SMILES string of the molecule is C[C@@H](NC(=O)CCCCC(=O)O)c1ccccc1Cl. The molecule has 4 nitrogen and oxygen atoms in total. The van der Waals surface area contributed by atoms with Crippen LogP contribution >= 0.6 is 11.6 Å². The first-order chi connectivity index (χ1) is 9.00. The monoisotopic (exact) mass is 283 g/mol. The lowest BCUT2D eigenvalue weighted by Crippen LogP contribution is -2.26. The van der Waals surface area contributed by atoms with E-state index in [2.05, 4.69) is 5.32 Å². The van der Waals surface area contributed by atoms with Crippen molar-refractivity contribution in [1.29, 1.82) is 0 Å². The molecule has 19 heavy (non-hydrogen) atoms. The highest BCUT2D eigenvalue weighted by atomic mass is 35.5. The maximum atomic E-state index is 11.7. The van der Waals surface area contributed by atoms with Gasteiger partial charge in [0.25, 0.3) is 0 Å². The molecule has 0 saturated carbocycles. The van der Waals surface area contributed by atoms with Crippen molar-refractivity contribution in [2.45, 2.75) is 38.6 Å². The molecular weight excluding hydrogens is 266 g/mol. The minimum Gasteiger partial charge on any atom is -0.481 e. The number of amides is 1. The van der Waals surface area contributed by atoms with Crippen LogP contribution in [-0.2, 0) is 9.59 Å². The summed E-state index contributed by atoms with van der Waals surface area (Å²) in [6.07, 6.45) is 1.53. The Bertz CT molecular complexity index is 448. The quantitative estimate of drug-likeness (QED) is 0.755. The summed E-state index contributed by atoms with van der Waals surface area (Å²) in [5.41, 5.74) is 0.878. The Balaban J connectivity index is 2.36. The van der Waals surface area contributed by atoms with Crippen molar-refractivity contribution in [2.24, 2.45) is 0 Å². The van der Waals surface area contributed by atoms with E-state index in [0.29, 0.717) is 24.3 Å². The standard InChI is InChI=1S/C14H18ClNO3/c1-10(11-6-2-3-7-12(11)15)16-13(17)8-4-5-9-14(18)19/h2-3,6-7,10H,4-5,8-9H2,1H3,(H,16,17)(H,18,19)/t10-/m1/s1. The molecule has 0 radical (unpaired) electrons. The number of aliphatic carboxylic acids is 1. The molecule has 0 heterocycles. The molecule has 1 rings (SSSR count). The third-order valence-electron chi connectivity index (χ3n) is 2.79. The molecule has 0 aliphatic heterocycles. The van der Waals surface area contributed by atoms with E-state index in [1.165, 1.54) is 0 Å². The molecule has 2 N–H and O–H groups in total. The van der Waals surface area contributed by atoms with E-state index >= 15 is 0 Å². The average molecular weight is 284 g/mol. The Hall–Kier alpha value is -1.55. The van der Waals surface area contributed by atoms with Crippen LogP contribution < -0.4 is 5.32 Å². The maximum Gasteiger partial charge on any atom is 0.303 e. The third kappa shape index (κ3) is 5.75. The molecule has 0 aliphatic carbocycles. The fourth-order valence-corrected chi connectivity index (χ4v) is 2.08. The van der Waals surface area contributed by atoms with E-state index < -0.39 is 5.97 Å². The summed E-state index contributed by atoms with van der Waals surface area (Å²) in [5.74, 6) is -0.914. The Morgan fingerprint density at radius 1 is 1.26 bits per heavy atom. The highest BCUT2D eigenvalue weighted by Crippen LogP contribution is 2.22. The van der Waals surface area contributed by atoms with Gasteiger partial charge in [-0.05, 0) is 31.4 Å². The Morgan fingerprint density at radius 3 is 2.53 bits per heavy atom. The molecule has 1 atom stereocenters. The molecule has 0 bridgehead atoms. The number of carbonyl (C=O) groups is 2. The number of hydrogen-bond donors (Lipinski definition) is 2. The van der Waals surface area contributed by atoms with Crippen LogP contribution in [0.4, 0.5) is 0 Å². The fourth-order valence-electron chi connectivity index (χ4n) is 1.78. The largest absolute Gasteiger partial charge is 0.481 e. The summed E-state index contributed by atoms with van der Waals surface area (Å²) >= 11 is 6.05. The van der Waals surface area contributed by atoms with Crippen LogP contribution in [0.5, 0.6) is 0 Å². The van der Waals surface area contributed by atoms with Crippen molar-refractivity contribution >= 4 is 23.5 Å². The predicted molar refractivity (Wildman–Crippen MR) is 74.1 cm³/mol. The molecular formula is C14H18ClNO3. The van der Waals surface area contributed by atoms with Gasteiger partial charge < -0.3 is 10.4 Å². The number of unbranched alkanes of at least 4 members (excludes halogenated alkanes) is 1. The van der Waals surface area contributed by atoms with Crippen molar-refractivity contribution < 1.29 is 14.7 Å². The Labute approximate surface area is 117 Å². The normalized spacial score (nSPS) is 11.9. The number of carboxylic acids is 1. The second kappa shape index (κ2) is 7.79. The van der Waals surface area contributed by atoms with E-state index in [9.17, 15) is 9.59 Å². The Kier molecular flexibility index (Phi) is 6.36. The number of carbonyl (C=O) groups excluding carboxylic acids is 1. The first kappa shape index (κ1) is 15.5. The fraction of sp³-hybridized carbons (Fsp3) is 0.429. The van der Waals surface area contributed by atoms with Gasteiger partial charge in [0.2, 0.25) is 5.91 Å². The van der Waals surface area contributed by atoms with E-state index in [1.807, 2.05) is 25.1 Å². The van der Waals surface area contributed by atoms with Gasteiger partial charge in [-0.3, -0.25) is 9.59 Å². The Morgan fingerprint density at radius 2 is 1.89 bits per heavy atom. The van der Waals surface area contributed by atoms with Crippen LogP contribution in [-0.4, -0.2) is 17.0 Å². The molecule has 5 heteroatoms. The smallest absolute Gasteiger partial charge is 0.303 e. The summed E-state index contributed by atoms with van der Waals surface area (Å²) < 4.78 is 0. The maximum absolute atomic E-state index is 11.7. The van der Waals surface area contributed by atoms with Gasteiger partial charge in [-0.15, -0.1) is 0 Å². The van der Waals surface area contributed by atoms with Gasteiger partial charge in [0.1, 0.15) is 0 Å². The van der Waals surface area contributed by atoms with Crippen LogP contribution in [0.2, 0.25) is 5.02 Å². The summed E-state index contributed by atoms with van der Waals surface area (Å²) in [6.45, 7) is 1.87. The van der Waals surface area contributed by atoms with Gasteiger partial charge in [0, 0.05) is 17.9 Å². The second-order valence-corrected chi connectivity index (χ2v) is 4.82. The molecule has 0 spiro atoms. The number of hydrogen-bond acceptors (Lipinski definition) is 2. The third-order valence-corrected chi connectivity index (χ3v) is 3.14. The predicted octanol–water partition coefficient (Wildman–Crippen LogP) is 3.16. The lowest BCUT2D eigenvalue weighted by Gasteiger charge is -2.15. The second-order valence-electron chi connectivity index (χ2n) is 4.41. The zero-order valence-corrected chi connectivity index (χ0v) is 11.6. The lowest BCUT2D eigenvalue weighted by atomic mass is 10.1. The number of benzene rings is 1. The molecule has 0 aliphatic rings. The molecule has 0 saturated heterocycles. The van der Waals surface area contributed by atoms with E-state index in [4.69, 9.17) is 16.7 Å². The number of rotatable bonds is 7. The zero-order valence-electron chi connectivity index (χ0n) is 10.9. The van der Waals surface area contributed by atoms with Crippen LogP contribution in [0.25, 0.3) is 0 Å². The molecule has 1 amide bonds. The van der Waals surface area contributed by atoms with Gasteiger partial charge >= 0.3 is 5.97 Å². The number of nitrogens with one attached hydrogen (secondary N) is 1. The molecule has 104 valence electrons. The van der Waals surface area contributed by atoms with Crippen LogP contribution in [0.1, 0.15) is 44.2 Å². The van der Waals surface area contributed by atoms with Crippen molar-refractivity contribution in [3.63, 3.8) is 0 Å². The van der Waals surface area contributed by atoms with Gasteiger partial charge in [-0.1, -0.05) is 29.8 Å². The van der Waals surface area contributed by atoms with E-state index in [1.54, 1.807) is 6.07 Å². The number of carboxylic acid groups (broad SMARTS) is 1. The summed E-state index contributed by atoms with van der Waals surface area (Å²) in [4.78, 5) is 22.0. The van der Waals surface area contributed by atoms with E-state index in [-0.39, 0.29) is 18.4 Å². The summed E-state index contributed by atoms with van der Waals surface area (Å²) in [6, 6.07) is 7.22. The summed E-state index contributed by atoms with van der Waals surface area (Å²) in [7, 11) is 0. The first-order valence-electron chi connectivity index (χ1n) is 6.26. The lowest BCUT2D eigenvalue weighted by molar-refractivity contribution is -0.137. The van der Waals surface area contributed by atoms with Gasteiger partial charge in [-0.2, -0.15) is 0 Å². The van der Waals surface area contributed by atoms with Crippen molar-refractivity contribution in [3.8, 4) is 0 Å². The first-order valence-corrected chi connectivity index (χ1v) is 6.64. The highest BCUT2D eigenvalue weighted by molar-refractivity contribution is 6.31. The van der Waals surface area contributed by atoms with Crippen molar-refractivity contribution in [2.75, 3.05) is 0 Å². The van der Waals surface area contributed by atoms with Gasteiger partial charge in [0.15, 0.2) is 0 Å². The highest BCUT2D eigenvalue weighted by Gasteiger charge is 2.11. The zero-order chi connectivity index (χ0) is 14.3. The van der Waals surface area contributed by atoms with Crippen molar-refractivity contribution in [3.05, 3.63) is 34.9 Å². The molecule has 0 aromatic heterocycles. The summed E-state index contributed by atoms with van der Waals surface area (Å²) in [5, 5.41) is 12.0. The van der Waals surface area contributed by atoms with Crippen LogP contribution in [0.15, 0.2) is 24.3 Å². The van der Waals surface area contributed by atoms with Gasteiger partial charge in [0.05, 0.1) is 6.04 Å². The van der Waals surface area contributed by atoms with Crippen molar-refractivity contribution in [1.82, 2.24) is 5.32 Å². The molecule has 1 aromatic carbocycles. The molecule has 0 unspecified atom stereocenters. The average Bonchev–Trinajstić information content (AvgIpc) is 2.35. The number of halogens is 1. The van der Waals surface area contributed by atoms with Crippen LogP contribution in [0.3, 0.4) is 0 Å². The minimum absolute atomic E-state index is 0.0854. The molecule has 1 aromatic rings. The topological polar surface area (TPSA) is 66.4 Å². The van der Waals surface area contributed by atoms with Crippen LogP contribution in [0, 0.1) is 0 Å².